The van der Waals surface area contributed by atoms with Gasteiger partial charge < -0.3 is 26.0 Å². The fourth-order valence-corrected chi connectivity index (χ4v) is 5.53. The molecule has 4 unspecified atom stereocenters. The SMILES string of the molecule is CC(C)CC(NC(=O)OC(Cc1cccc(Cl)c1)c1cccc(Cl)c1)C(=O)NC(CC1CCNC1=O)C(=O)C(=O)NC1CC1. The van der Waals surface area contributed by atoms with Crippen LogP contribution < -0.4 is 21.3 Å². The van der Waals surface area contributed by atoms with Crippen molar-refractivity contribution < 1.29 is 28.7 Å². The molecule has 1 heterocycles. The quantitative estimate of drug-likeness (QED) is 0.226. The highest BCUT2D eigenvalue weighted by Gasteiger charge is 2.37. The van der Waals surface area contributed by atoms with Gasteiger partial charge in [0.2, 0.25) is 17.6 Å². The molecule has 2 aliphatic rings. The van der Waals surface area contributed by atoms with Gasteiger partial charge in [0.1, 0.15) is 12.1 Å². The number of amides is 4. The molecule has 10 nitrogen and oxygen atoms in total. The lowest BCUT2D eigenvalue weighted by Gasteiger charge is -2.26. The number of carbonyl (C=O) groups is 5. The van der Waals surface area contributed by atoms with Crippen LogP contribution in [0.2, 0.25) is 10.0 Å². The number of ether oxygens (including phenoxy) is 1. The van der Waals surface area contributed by atoms with E-state index < -0.39 is 47.8 Å². The van der Waals surface area contributed by atoms with Gasteiger partial charge in [0.15, 0.2) is 0 Å². The molecule has 1 aliphatic carbocycles. The van der Waals surface area contributed by atoms with Gasteiger partial charge in [-0.15, -0.1) is 0 Å². The van der Waals surface area contributed by atoms with E-state index in [1.807, 2.05) is 19.9 Å². The molecule has 0 radical (unpaired) electrons. The number of hydrogen-bond acceptors (Lipinski definition) is 6. The van der Waals surface area contributed by atoms with Crippen LogP contribution in [0.1, 0.15) is 63.2 Å². The molecule has 1 saturated heterocycles. The van der Waals surface area contributed by atoms with Crippen molar-refractivity contribution in [2.75, 3.05) is 6.54 Å². The highest BCUT2D eigenvalue weighted by Crippen LogP contribution is 2.27. The van der Waals surface area contributed by atoms with Crippen molar-refractivity contribution in [3.8, 4) is 0 Å². The third-order valence-corrected chi connectivity index (χ3v) is 8.02. The number of rotatable bonds is 14. The van der Waals surface area contributed by atoms with Gasteiger partial charge in [0.05, 0.1) is 6.04 Å². The molecule has 12 heteroatoms. The predicted molar refractivity (Wildman–Crippen MR) is 166 cm³/mol. The summed E-state index contributed by atoms with van der Waals surface area (Å²) in [6.07, 6.45) is 0.971. The number of ketones is 1. The minimum atomic E-state index is -1.23. The average Bonchev–Trinajstić information content (AvgIpc) is 3.69. The number of nitrogens with one attached hydrogen (secondary N) is 4. The minimum absolute atomic E-state index is 0.0193. The van der Waals surface area contributed by atoms with Gasteiger partial charge in [0.25, 0.3) is 5.91 Å². The van der Waals surface area contributed by atoms with Crippen molar-refractivity contribution in [1.82, 2.24) is 21.3 Å². The molecular weight excluding hydrogens is 607 g/mol. The third-order valence-electron chi connectivity index (χ3n) is 7.55. The van der Waals surface area contributed by atoms with Crippen molar-refractivity contribution in [2.45, 2.75) is 76.6 Å². The van der Waals surface area contributed by atoms with Crippen LogP contribution in [-0.2, 0) is 30.3 Å². The van der Waals surface area contributed by atoms with Crippen molar-refractivity contribution in [1.29, 1.82) is 0 Å². The van der Waals surface area contributed by atoms with Crippen LogP contribution in [0.4, 0.5) is 4.79 Å². The number of benzene rings is 2. The Kier molecular flexibility index (Phi) is 11.6. The molecule has 2 fully saturated rings. The van der Waals surface area contributed by atoms with Gasteiger partial charge in [0, 0.05) is 35.0 Å². The molecule has 4 atom stereocenters. The Hall–Kier alpha value is -3.63. The molecule has 0 spiro atoms. The molecule has 4 amide bonds. The monoisotopic (exact) mass is 644 g/mol. The van der Waals surface area contributed by atoms with Crippen LogP contribution in [0.5, 0.6) is 0 Å². The molecule has 236 valence electrons. The Morgan fingerprint density at radius 1 is 0.955 bits per heavy atom. The van der Waals surface area contributed by atoms with E-state index in [0.29, 0.717) is 35.0 Å². The fraction of sp³-hybridized carbons (Fsp3) is 0.469. The summed E-state index contributed by atoms with van der Waals surface area (Å²) in [4.78, 5) is 64.9. The topological polar surface area (TPSA) is 143 Å². The van der Waals surface area contributed by atoms with E-state index in [2.05, 4.69) is 21.3 Å². The zero-order valence-electron chi connectivity index (χ0n) is 24.7. The second-order valence-electron chi connectivity index (χ2n) is 11.8. The van der Waals surface area contributed by atoms with E-state index in [4.69, 9.17) is 27.9 Å². The van der Waals surface area contributed by atoms with E-state index in [9.17, 15) is 24.0 Å². The summed E-state index contributed by atoms with van der Waals surface area (Å²) in [7, 11) is 0. The average molecular weight is 646 g/mol. The summed E-state index contributed by atoms with van der Waals surface area (Å²) in [6, 6.07) is 11.8. The summed E-state index contributed by atoms with van der Waals surface area (Å²) in [5, 5.41) is 11.7. The second kappa shape index (κ2) is 15.4. The number of hydrogen-bond donors (Lipinski definition) is 4. The highest BCUT2D eigenvalue weighted by molar-refractivity contribution is 6.38. The molecule has 1 saturated carbocycles. The van der Waals surface area contributed by atoms with Crippen LogP contribution in [0.15, 0.2) is 48.5 Å². The minimum Gasteiger partial charge on any atom is -0.441 e. The van der Waals surface area contributed by atoms with Gasteiger partial charge in [-0.25, -0.2) is 4.79 Å². The summed E-state index contributed by atoms with van der Waals surface area (Å²) < 4.78 is 5.84. The number of alkyl carbamates (subject to hydrolysis) is 1. The van der Waals surface area contributed by atoms with Crippen LogP contribution in [-0.4, -0.2) is 54.3 Å². The first kappa shape index (κ1) is 33.3. The van der Waals surface area contributed by atoms with E-state index in [-0.39, 0.29) is 30.7 Å². The van der Waals surface area contributed by atoms with Crippen molar-refractivity contribution >= 4 is 52.8 Å². The first-order valence-corrected chi connectivity index (χ1v) is 15.6. The third kappa shape index (κ3) is 9.95. The summed E-state index contributed by atoms with van der Waals surface area (Å²) >= 11 is 12.4. The first-order valence-electron chi connectivity index (χ1n) is 14.9. The van der Waals surface area contributed by atoms with E-state index in [1.165, 1.54) is 0 Å². The Labute approximate surface area is 267 Å². The molecule has 1 aliphatic heterocycles. The Balaban J connectivity index is 1.49. The molecule has 44 heavy (non-hydrogen) atoms. The lowest BCUT2D eigenvalue weighted by molar-refractivity contribution is -0.141. The highest BCUT2D eigenvalue weighted by atomic mass is 35.5. The normalized spacial score (nSPS) is 18.1. The smallest absolute Gasteiger partial charge is 0.408 e. The van der Waals surface area contributed by atoms with Gasteiger partial charge >= 0.3 is 6.09 Å². The molecule has 4 N–H and O–H groups in total. The first-order chi connectivity index (χ1) is 21.0. The fourth-order valence-electron chi connectivity index (χ4n) is 5.12. The Morgan fingerprint density at radius 2 is 1.66 bits per heavy atom. The van der Waals surface area contributed by atoms with Crippen LogP contribution in [0.3, 0.4) is 0 Å². The van der Waals surface area contributed by atoms with Crippen molar-refractivity contribution in [2.24, 2.45) is 11.8 Å². The van der Waals surface area contributed by atoms with E-state index in [0.717, 1.165) is 18.4 Å². The lowest BCUT2D eigenvalue weighted by atomic mass is 9.94. The number of Topliss-reactive ketones (excluding diaryl/α,β-unsaturated/α-hetero) is 1. The van der Waals surface area contributed by atoms with Crippen molar-refractivity contribution in [3.05, 3.63) is 69.7 Å². The van der Waals surface area contributed by atoms with Gasteiger partial charge in [-0.3, -0.25) is 19.2 Å². The maximum atomic E-state index is 13.6. The molecule has 4 rings (SSSR count). The molecule has 2 aromatic rings. The Morgan fingerprint density at radius 3 is 2.27 bits per heavy atom. The standard InChI is InChI=1S/C32H38Cl2N4O6/c1-18(2)13-26(30(41)37-25(17-21-11-12-35-29(21)40)28(39)31(42)36-24-9-10-24)38-32(43)44-27(20-6-4-8-23(34)16-20)15-19-5-3-7-22(33)14-19/h3-8,14,16,18,21,24-27H,9-13,15,17H2,1-2H3,(H,35,40)(H,36,42)(H,37,41)(H,38,43). The van der Waals surface area contributed by atoms with Gasteiger partial charge in [-0.1, -0.05) is 61.3 Å². The molecular formula is C32H38Cl2N4O6. The van der Waals surface area contributed by atoms with Gasteiger partial charge in [-0.2, -0.15) is 0 Å². The second-order valence-corrected chi connectivity index (χ2v) is 12.7. The van der Waals surface area contributed by atoms with Crippen molar-refractivity contribution in [3.63, 3.8) is 0 Å². The number of carbonyl (C=O) groups excluding carboxylic acids is 5. The summed E-state index contributed by atoms with van der Waals surface area (Å²) in [5.41, 5.74) is 1.48. The number of halogens is 2. The van der Waals surface area contributed by atoms with E-state index in [1.54, 1.807) is 42.5 Å². The molecule has 0 aromatic heterocycles. The van der Waals surface area contributed by atoms with Crippen LogP contribution in [0.25, 0.3) is 0 Å². The van der Waals surface area contributed by atoms with Crippen LogP contribution in [0, 0.1) is 11.8 Å². The zero-order chi connectivity index (χ0) is 31.8. The zero-order valence-corrected chi connectivity index (χ0v) is 26.2. The summed E-state index contributed by atoms with van der Waals surface area (Å²) in [6.45, 7) is 4.23. The summed E-state index contributed by atoms with van der Waals surface area (Å²) in [5.74, 6) is -3.04. The van der Waals surface area contributed by atoms with Gasteiger partial charge in [-0.05, 0) is 73.4 Å². The van der Waals surface area contributed by atoms with E-state index >= 15 is 0 Å². The maximum Gasteiger partial charge on any atom is 0.408 e. The Bertz CT molecular complexity index is 1380. The predicted octanol–water partition coefficient (Wildman–Crippen LogP) is 4.28. The van der Waals surface area contributed by atoms with Crippen LogP contribution >= 0.6 is 23.2 Å². The maximum absolute atomic E-state index is 13.6. The lowest BCUT2D eigenvalue weighted by Crippen LogP contribution is -2.55. The molecule has 0 bridgehead atoms. The largest absolute Gasteiger partial charge is 0.441 e. The molecule has 2 aromatic carbocycles.